The highest BCUT2D eigenvalue weighted by molar-refractivity contribution is 6.02. The zero-order valence-corrected chi connectivity index (χ0v) is 16.7. The summed E-state index contributed by atoms with van der Waals surface area (Å²) in [4.78, 5) is 9.84. The lowest BCUT2D eigenvalue weighted by atomic mass is 10.1. The average Bonchev–Trinajstić information content (AvgIpc) is 3.03. The molecule has 0 radical (unpaired) electrons. The van der Waals surface area contributed by atoms with Gasteiger partial charge < -0.3 is 20.3 Å². The standard InChI is InChI=1S/C23H27FN4O/c1-16-13-18(6-8-21(16)25-9-12-28-10-3-2-4-11-28)26-15-20-19-14-17(24)5-7-22(19)27-23(20)29/h5-8,13-15,25,27,29H,2-4,9-12H2,1H3. The van der Waals surface area contributed by atoms with E-state index in [9.17, 15) is 9.50 Å². The number of hydrogen-bond donors (Lipinski definition) is 3. The highest BCUT2D eigenvalue weighted by atomic mass is 19.1. The number of likely N-dealkylation sites (tertiary alicyclic amines) is 1. The van der Waals surface area contributed by atoms with Crippen molar-refractivity contribution in [2.75, 3.05) is 31.5 Å². The Kier molecular flexibility index (Phi) is 5.81. The molecule has 3 aromatic rings. The number of anilines is 1. The third-order valence-corrected chi connectivity index (χ3v) is 5.52. The van der Waals surface area contributed by atoms with Crippen molar-refractivity contribution < 1.29 is 9.50 Å². The van der Waals surface area contributed by atoms with Crippen LogP contribution in [0.25, 0.3) is 10.9 Å². The van der Waals surface area contributed by atoms with E-state index >= 15 is 0 Å². The first-order chi connectivity index (χ1) is 14.1. The van der Waals surface area contributed by atoms with Crippen molar-refractivity contribution in [2.45, 2.75) is 26.2 Å². The van der Waals surface area contributed by atoms with E-state index < -0.39 is 0 Å². The van der Waals surface area contributed by atoms with Gasteiger partial charge in [0.1, 0.15) is 5.82 Å². The van der Waals surface area contributed by atoms with Crippen molar-refractivity contribution in [1.29, 1.82) is 0 Å². The minimum Gasteiger partial charge on any atom is -0.494 e. The van der Waals surface area contributed by atoms with Gasteiger partial charge in [-0.05, 0) is 74.8 Å². The Hall–Kier alpha value is -2.86. The fraction of sp³-hybridized carbons (Fsp3) is 0.348. The number of aryl methyl sites for hydroxylation is 1. The first-order valence-corrected chi connectivity index (χ1v) is 10.2. The number of nitrogens with zero attached hydrogens (tertiary/aromatic N) is 2. The summed E-state index contributed by atoms with van der Waals surface area (Å²) in [5.41, 5.74) is 4.18. The Balaban J connectivity index is 1.43. The Bertz CT molecular complexity index is 1020. The highest BCUT2D eigenvalue weighted by Crippen LogP contribution is 2.28. The molecule has 0 bridgehead atoms. The maximum Gasteiger partial charge on any atom is 0.198 e. The van der Waals surface area contributed by atoms with Gasteiger partial charge in [0.25, 0.3) is 0 Å². The molecule has 0 unspecified atom stereocenters. The number of aromatic hydroxyl groups is 1. The van der Waals surface area contributed by atoms with E-state index in [0.717, 1.165) is 30.0 Å². The largest absolute Gasteiger partial charge is 0.494 e. The number of fused-ring (bicyclic) bond motifs is 1. The van der Waals surface area contributed by atoms with Gasteiger partial charge in [-0.25, -0.2) is 4.39 Å². The van der Waals surface area contributed by atoms with Gasteiger partial charge in [0, 0.05) is 35.9 Å². The maximum absolute atomic E-state index is 13.6. The SMILES string of the molecule is Cc1cc(N=Cc2c(O)[nH]c3ccc(F)cc23)ccc1NCCN1CCCCC1. The number of aromatic amines is 1. The van der Waals surface area contributed by atoms with E-state index in [1.54, 1.807) is 12.3 Å². The van der Waals surface area contributed by atoms with Crippen LogP contribution >= 0.6 is 0 Å². The zero-order chi connectivity index (χ0) is 20.2. The molecule has 4 rings (SSSR count). The maximum atomic E-state index is 13.6. The van der Waals surface area contributed by atoms with Crippen molar-refractivity contribution in [3.63, 3.8) is 0 Å². The molecule has 2 aromatic carbocycles. The molecule has 0 aliphatic carbocycles. The molecular formula is C23H27FN4O. The van der Waals surface area contributed by atoms with Crippen LogP contribution in [0, 0.1) is 12.7 Å². The summed E-state index contributed by atoms with van der Waals surface area (Å²) < 4.78 is 13.6. The lowest BCUT2D eigenvalue weighted by Crippen LogP contribution is -2.33. The van der Waals surface area contributed by atoms with Gasteiger partial charge in [0.15, 0.2) is 5.88 Å². The summed E-state index contributed by atoms with van der Waals surface area (Å²) in [5, 5.41) is 14.2. The highest BCUT2D eigenvalue weighted by Gasteiger charge is 2.11. The Morgan fingerprint density at radius 3 is 2.79 bits per heavy atom. The number of benzene rings is 2. The van der Waals surface area contributed by atoms with Crippen LogP contribution in [0.5, 0.6) is 5.88 Å². The first-order valence-electron chi connectivity index (χ1n) is 10.2. The molecule has 0 spiro atoms. The predicted molar refractivity (Wildman–Crippen MR) is 117 cm³/mol. The van der Waals surface area contributed by atoms with Crippen LogP contribution in [0.3, 0.4) is 0 Å². The van der Waals surface area contributed by atoms with Gasteiger partial charge in [0.05, 0.1) is 11.3 Å². The number of hydrogen-bond acceptors (Lipinski definition) is 4. The van der Waals surface area contributed by atoms with E-state index in [4.69, 9.17) is 0 Å². The molecule has 29 heavy (non-hydrogen) atoms. The molecule has 0 saturated carbocycles. The van der Waals surface area contributed by atoms with E-state index in [2.05, 4.69) is 27.1 Å². The molecule has 6 heteroatoms. The van der Waals surface area contributed by atoms with Crippen LogP contribution in [-0.2, 0) is 0 Å². The first kappa shape index (κ1) is 19.5. The molecule has 1 fully saturated rings. The molecule has 1 aliphatic rings. The van der Waals surface area contributed by atoms with Gasteiger partial charge in [-0.1, -0.05) is 6.42 Å². The summed E-state index contributed by atoms with van der Waals surface area (Å²) >= 11 is 0. The molecule has 152 valence electrons. The third kappa shape index (κ3) is 4.59. The smallest absolute Gasteiger partial charge is 0.198 e. The second-order valence-electron chi connectivity index (χ2n) is 7.66. The lowest BCUT2D eigenvalue weighted by molar-refractivity contribution is 0.237. The van der Waals surface area contributed by atoms with Crippen molar-refractivity contribution >= 4 is 28.5 Å². The Morgan fingerprint density at radius 1 is 1.17 bits per heavy atom. The van der Waals surface area contributed by atoms with Gasteiger partial charge in [-0.3, -0.25) is 4.99 Å². The number of H-pyrrole nitrogens is 1. The van der Waals surface area contributed by atoms with Crippen LogP contribution in [0.1, 0.15) is 30.4 Å². The average molecular weight is 394 g/mol. The second kappa shape index (κ2) is 8.66. The topological polar surface area (TPSA) is 63.7 Å². The van der Waals surface area contributed by atoms with Gasteiger partial charge in [-0.2, -0.15) is 0 Å². The summed E-state index contributed by atoms with van der Waals surface area (Å²) in [5.74, 6) is -0.357. The number of aromatic nitrogens is 1. The minimum absolute atomic E-state index is 0.0120. The van der Waals surface area contributed by atoms with Crippen molar-refractivity contribution in [1.82, 2.24) is 9.88 Å². The number of aliphatic imine (C=N–C) groups is 1. The van der Waals surface area contributed by atoms with Gasteiger partial charge >= 0.3 is 0 Å². The molecule has 5 nitrogen and oxygen atoms in total. The second-order valence-corrected chi connectivity index (χ2v) is 7.66. The molecule has 0 atom stereocenters. The van der Waals surface area contributed by atoms with Crippen LogP contribution in [0.2, 0.25) is 0 Å². The number of piperidine rings is 1. The van der Waals surface area contributed by atoms with E-state index in [-0.39, 0.29) is 11.7 Å². The van der Waals surface area contributed by atoms with E-state index in [1.165, 1.54) is 44.5 Å². The summed E-state index contributed by atoms with van der Waals surface area (Å²) in [7, 11) is 0. The normalized spacial score (nSPS) is 15.4. The van der Waals surface area contributed by atoms with Crippen LogP contribution in [0.15, 0.2) is 41.4 Å². The van der Waals surface area contributed by atoms with Gasteiger partial charge in [-0.15, -0.1) is 0 Å². The Morgan fingerprint density at radius 2 is 2.00 bits per heavy atom. The van der Waals surface area contributed by atoms with Crippen molar-refractivity contribution in [3.05, 3.63) is 53.3 Å². The predicted octanol–water partition coefficient (Wildman–Crippen LogP) is 4.97. The molecular weight excluding hydrogens is 367 g/mol. The van der Waals surface area contributed by atoms with E-state index in [0.29, 0.717) is 16.5 Å². The van der Waals surface area contributed by atoms with Crippen molar-refractivity contribution in [2.24, 2.45) is 4.99 Å². The lowest BCUT2D eigenvalue weighted by Gasteiger charge is -2.26. The Labute approximate surface area is 170 Å². The molecule has 1 aliphatic heterocycles. The van der Waals surface area contributed by atoms with Gasteiger partial charge in [0.2, 0.25) is 0 Å². The van der Waals surface area contributed by atoms with E-state index in [1.807, 2.05) is 18.2 Å². The minimum atomic E-state index is -0.345. The third-order valence-electron chi connectivity index (χ3n) is 5.52. The molecule has 1 aromatic heterocycles. The van der Waals surface area contributed by atoms with Crippen molar-refractivity contribution in [3.8, 4) is 5.88 Å². The quantitative estimate of drug-likeness (QED) is 0.517. The summed E-state index contributed by atoms with van der Waals surface area (Å²) in [6.45, 7) is 6.46. The van der Waals surface area contributed by atoms with Crippen LogP contribution in [-0.4, -0.2) is 47.4 Å². The molecule has 2 heterocycles. The molecule has 0 amide bonds. The van der Waals surface area contributed by atoms with Crippen LogP contribution < -0.4 is 5.32 Å². The number of rotatable bonds is 6. The number of nitrogens with one attached hydrogen (secondary N) is 2. The summed E-state index contributed by atoms with van der Waals surface area (Å²) in [6.07, 6.45) is 5.55. The zero-order valence-electron chi connectivity index (χ0n) is 16.7. The van der Waals surface area contributed by atoms with Crippen LogP contribution in [0.4, 0.5) is 15.8 Å². The fourth-order valence-corrected chi connectivity index (χ4v) is 3.90. The molecule has 3 N–H and O–H groups in total. The molecule has 1 saturated heterocycles. The monoisotopic (exact) mass is 394 g/mol. The number of halogens is 1. The fourth-order valence-electron chi connectivity index (χ4n) is 3.90. The summed E-state index contributed by atoms with van der Waals surface area (Å²) in [6, 6.07) is 10.3.